The molecule has 0 bridgehead atoms. The van der Waals surface area contributed by atoms with Crippen molar-refractivity contribution in [2.75, 3.05) is 12.8 Å². The van der Waals surface area contributed by atoms with E-state index >= 15 is 0 Å². The number of anilines is 1. The second kappa shape index (κ2) is 5.65. The van der Waals surface area contributed by atoms with Crippen LogP contribution in [-0.2, 0) is 13.1 Å². The Hall–Kier alpha value is -1.87. The summed E-state index contributed by atoms with van der Waals surface area (Å²) in [6, 6.07) is 15.1. The van der Waals surface area contributed by atoms with Gasteiger partial charge in [0.15, 0.2) is 0 Å². The number of hydrogen-bond donors (Lipinski definition) is 1. The highest BCUT2D eigenvalue weighted by Crippen LogP contribution is 2.18. The second-order valence-electron chi connectivity index (χ2n) is 4.47. The van der Waals surface area contributed by atoms with Crippen LogP contribution in [0, 0.1) is 5.82 Å². The highest BCUT2D eigenvalue weighted by atomic mass is 19.1. The molecule has 0 atom stereocenters. The van der Waals surface area contributed by atoms with Crippen molar-refractivity contribution in [3.8, 4) is 0 Å². The summed E-state index contributed by atoms with van der Waals surface area (Å²) in [6.07, 6.45) is 0. The summed E-state index contributed by atoms with van der Waals surface area (Å²) >= 11 is 0. The Labute approximate surface area is 107 Å². The molecular formula is C15H17FN2. The molecule has 3 heteroatoms. The fourth-order valence-electron chi connectivity index (χ4n) is 1.96. The highest BCUT2D eigenvalue weighted by Gasteiger charge is 2.07. The van der Waals surface area contributed by atoms with Gasteiger partial charge in [0.1, 0.15) is 5.82 Å². The first-order valence-corrected chi connectivity index (χ1v) is 5.92. The molecular weight excluding hydrogens is 227 g/mol. The van der Waals surface area contributed by atoms with Gasteiger partial charge in [0.2, 0.25) is 0 Å². The number of para-hydroxylation sites is 1. The van der Waals surface area contributed by atoms with Crippen LogP contribution < -0.4 is 5.73 Å². The molecule has 2 aromatic rings. The van der Waals surface area contributed by atoms with Crippen LogP contribution in [-0.4, -0.2) is 11.9 Å². The van der Waals surface area contributed by atoms with Crippen LogP contribution in [0.2, 0.25) is 0 Å². The molecule has 2 N–H and O–H groups in total. The van der Waals surface area contributed by atoms with Gasteiger partial charge in [0.25, 0.3) is 0 Å². The monoisotopic (exact) mass is 244 g/mol. The molecule has 0 aliphatic heterocycles. The lowest BCUT2D eigenvalue weighted by Crippen LogP contribution is -2.18. The fraction of sp³-hybridized carbons (Fsp3) is 0.200. The van der Waals surface area contributed by atoms with E-state index in [0.717, 1.165) is 12.1 Å². The van der Waals surface area contributed by atoms with Crippen molar-refractivity contribution >= 4 is 5.69 Å². The molecule has 94 valence electrons. The number of nitrogens with zero attached hydrogens (tertiary/aromatic N) is 1. The van der Waals surface area contributed by atoms with Crippen molar-refractivity contribution in [2.45, 2.75) is 13.1 Å². The molecule has 0 aliphatic carbocycles. The first kappa shape index (κ1) is 12.6. The smallest absolute Gasteiger partial charge is 0.146 e. The highest BCUT2D eigenvalue weighted by molar-refractivity contribution is 5.47. The largest absolute Gasteiger partial charge is 0.396 e. The summed E-state index contributed by atoms with van der Waals surface area (Å²) in [6.45, 7) is 1.45. The number of nitrogen functional groups attached to an aromatic ring is 1. The third kappa shape index (κ3) is 3.08. The minimum atomic E-state index is -0.347. The third-order valence-corrected chi connectivity index (χ3v) is 2.88. The van der Waals surface area contributed by atoms with Gasteiger partial charge >= 0.3 is 0 Å². The molecule has 2 rings (SSSR count). The van der Waals surface area contributed by atoms with E-state index in [4.69, 9.17) is 5.73 Å². The van der Waals surface area contributed by atoms with E-state index in [0.29, 0.717) is 6.54 Å². The van der Waals surface area contributed by atoms with Gasteiger partial charge in [0.05, 0.1) is 5.69 Å². The molecule has 0 saturated heterocycles. The molecule has 0 fully saturated rings. The van der Waals surface area contributed by atoms with Gasteiger partial charge in [0, 0.05) is 13.1 Å². The summed E-state index contributed by atoms with van der Waals surface area (Å²) in [5, 5.41) is 0. The first-order valence-electron chi connectivity index (χ1n) is 5.92. The van der Waals surface area contributed by atoms with Crippen LogP contribution in [0.4, 0.5) is 10.1 Å². The minimum Gasteiger partial charge on any atom is -0.396 e. The Bertz CT molecular complexity index is 511. The number of nitrogens with two attached hydrogens (primary N) is 1. The Kier molecular flexibility index (Phi) is 3.95. The van der Waals surface area contributed by atoms with Crippen LogP contribution in [0.5, 0.6) is 0 Å². The lowest BCUT2D eigenvalue weighted by atomic mass is 10.1. The first-order chi connectivity index (χ1) is 8.66. The molecule has 0 aliphatic rings. The van der Waals surface area contributed by atoms with Crippen molar-refractivity contribution in [3.63, 3.8) is 0 Å². The quantitative estimate of drug-likeness (QED) is 0.838. The maximum absolute atomic E-state index is 13.3. The molecule has 0 unspecified atom stereocenters. The standard InChI is InChI=1S/C15H17FN2/c1-18(10-12-6-3-2-4-7-12)11-13-8-5-9-14(16)15(13)17/h2-9H,10-11,17H2,1H3. The van der Waals surface area contributed by atoms with Crippen molar-refractivity contribution in [3.05, 3.63) is 65.5 Å². The predicted octanol–water partition coefficient (Wildman–Crippen LogP) is 3.04. The predicted molar refractivity (Wildman–Crippen MR) is 72.4 cm³/mol. The van der Waals surface area contributed by atoms with Crippen LogP contribution in [0.15, 0.2) is 48.5 Å². The van der Waals surface area contributed by atoms with Gasteiger partial charge in [-0.1, -0.05) is 42.5 Å². The lowest BCUT2D eigenvalue weighted by molar-refractivity contribution is 0.319. The molecule has 18 heavy (non-hydrogen) atoms. The number of rotatable bonds is 4. The van der Waals surface area contributed by atoms with Gasteiger partial charge < -0.3 is 5.73 Å². The Morgan fingerprint density at radius 2 is 1.72 bits per heavy atom. The SMILES string of the molecule is CN(Cc1ccccc1)Cc1cccc(F)c1N. The summed E-state index contributed by atoms with van der Waals surface area (Å²) in [5.74, 6) is -0.347. The van der Waals surface area contributed by atoms with Gasteiger partial charge in [-0.3, -0.25) is 4.90 Å². The van der Waals surface area contributed by atoms with E-state index in [1.165, 1.54) is 11.6 Å². The van der Waals surface area contributed by atoms with Gasteiger partial charge in [-0.05, 0) is 24.2 Å². The summed E-state index contributed by atoms with van der Waals surface area (Å²) in [5.41, 5.74) is 8.03. The van der Waals surface area contributed by atoms with Crippen molar-refractivity contribution in [2.24, 2.45) is 0 Å². The Balaban J connectivity index is 2.03. The summed E-state index contributed by atoms with van der Waals surface area (Å²) in [4.78, 5) is 2.11. The maximum Gasteiger partial charge on any atom is 0.146 e. The Morgan fingerprint density at radius 3 is 2.44 bits per heavy atom. The number of hydrogen-bond acceptors (Lipinski definition) is 2. The van der Waals surface area contributed by atoms with E-state index in [1.54, 1.807) is 6.07 Å². The molecule has 0 spiro atoms. The van der Waals surface area contributed by atoms with E-state index < -0.39 is 0 Å². The number of benzene rings is 2. The summed E-state index contributed by atoms with van der Waals surface area (Å²) < 4.78 is 13.3. The van der Waals surface area contributed by atoms with Crippen molar-refractivity contribution in [1.82, 2.24) is 4.90 Å². The van der Waals surface area contributed by atoms with Gasteiger partial charge in [-0.2, -0.15) is 0 Å². The average molecular weight is 244 g/mol. The number of halogens is 1. The maximum atomic E-state index is 13.3. The van der Waals surface area contributed by atoms with Crippen LogP contribution >= 0.6 is 0 Å². The second-order valence-corrected chi connectivity index (χ2v) is 4.47. The van der Waals surface area contributed by atoms with Crippen LogP contribution in [0.1, 0.15) is 11.1 Å². The topological polar surface area (TPSA) is 29.3 Å². The molecule has 0 radical (unpaired) electrons. The van der Waals surface area contributed by atoms with Gasteiger partial charge in [-0.25, -0.2) is 4.39 Å². The Morgan fingerprint density at radius 1 is 1.00 bits per heavy atom. The van der Waals surface area contributed by atoms with Crippen molar-refractivity contribution in [1.29, 1.82) is 0 Å². The van der Waals surface area contributed by atoms with Gasteiger partial charge in [-0.15, -0.1) is 0 Å². The lowest BCUT2D eigenvalue weighted by Gasteiger charge is -2.18. The molecule has 2 nitrogen and oxygen atoms in total. The van der Waals surface area contributed by atoms with Crippen LogP contribution in [0.3, 0.4) is 0 Å². The minimum absolute atomic E-state index is 0.248. The third-order valence-electron chi connectivity index (χ3n) is 2.88. The summed E-state index contributed by atoms with van der Waals surface area (Å²) in [7, 11) is 2.00. The average Bonchev–Trinajstić information content (AvgIpc) is 2.36. The van der Waals surface area contributed by atoms with E-state index in [2.05, 4.69) is 17.0 Å². The van der Waals surface area contributed by atoms with Crippen molar-refractivity contribution < 1.29 is 4.39 Å². The molecule has 0 saturated carbocycles. The van der Waals surface area contributed by atoms with E-state index in [9.17, 15) is 4.39 Å². The van der Waals surface area contributed by atoms with E-state index in [1.807, 2.05) is 31.3 Å². The normalized spacial score (nSPS) is 10.8. The molecule has 0 amide bonds. The fourth-order valence-corrected chi connectivity index (χ4v) is 1.96. The molecule has 0 heterocycles. The molecule has 2 aromatic carbocycles. The zero-order valence-corrected chi connectivity index (χ0v) is 10.4. The van der Waals surface area contributed by atoms with E-state index in [-0.39, 0.29) is 11.5 Å². The van der Waals surface area contributed by atoms with Crippen LogP contribution in [0.25, 0.3) is 0 Å². The zero-order chi connectivity index (χ0) is 13.0. The zero-order valence-electron chi connectivity index (χ0n) is 10.4. The molecule has 0 aromatic heterocycles.